The van der Waals surface area contributed by atoms with Gasteiger partial charge in [0.2, 0.25) is 0 Å². The highest BCUT2D eigenvalue weighted by Gasteiger charge is 2.27. The zero-order valence-electron chi connectivity index (χ0n) is 22.1. The predicted octanol–water partition coefficient (Wildman–Crippen LogP) is 5.25. The van der Waals surface area contributed by atoms with Crippen LogP contribution in [-0.2, 0) is 22.5 Å². The number of ether oxygens (including phenoxy) is 1. The van der Waals surface area contributed by atoms with E-state index in [0.29, 0.717) is 25.5 Å². The van der Waals surface area contributed by atoms with Crippen LogP contribution < -0.4 is 9.62 Å². The van der Waals surface area contributed by atoms with E-state index in [4.69, 9.17) is 9.73 Å². The average molecular weight is 518 g/mol. The summed E-state index contributed by atoms with van der Waals surface area (Å²) >= 11 is 1.55. The Hall–Kier alpha value is -3.36. The van der Waals surface area contributed by atoms with Crippen molar-refractivity contribution in [1.82, 2.24) is 9.29 Å². The minimum atomic E-state index is 0.370. The van der Waals surface area contributed by atoms with Crippen molar-refractivity contribution in [2.45, 2.75) is 33.7 Å². The highest BCUT2D eigenvalue weighted by molar-refractivity contribution is 7.96. The topological polar surface area (TPSA) is 71.2 Å². The van der Waals surface area contributed by atoms with Crippen molar-refractivity contribution in [3.8, 4) is 11.1 Å². The van der Waals surface area contributed by atoms with Crippen molar-refractivity contribution in [1.29, 1.82) is 0 Å². The summed E-state index contributed by atoms with van der Waals surface area (Å²) in [6, 6.07) is 10.9. The molecule has 2 heterocycles. The van der Waals surface area contributed by atoms with Crippen LogP contribution >= 0.6 is 11.9 Å². The van der Waals surface area contributed by atoms with Gasteiger partial charge in [0.25, 0.3) is 0 Å². The predicted molar refractivity (Wildman–Crippen MR) is 157 cm³/mol. The van der Waals surface area contributed by atoms with Crippen LogP contribution in [0.15, 0.2) is 52.3 Å². The molecule has 3 aromatic rings. The summed E-state index contributed by atoms with van der Waals surface area (Å²) in [5, 5.41) is 1.19. The van der Waals surface area contributed by atoms with E-state index >= 15 is 0 Å². The number of hydrogen-bond donors (Lipinski definition) is 1. The number of hydrogen-bond acceptors (Lipinski definition) is 7. The molecule has 0 amide bonds. The number of carbonyl (C=O) groups excluding carboxylic acids is 1. The number of nitrogens with one attached hydrogen (secondary N) is 1. The summed E-state index contributed by atoms with van der Waals surface area (Å²) in [6.07, 6.45) is 6.65. The van der Waals surface area contributed by atoms with Crippen molar-refractivity contribution in [2.75, 3.05) is 37.5 Å². The molecule has 194 valence electrons. The number of nitrogens with zero attached hydrogens (tertiary/aromatic N) is 4. The molecule has 0 radical (unpaired) electrons. The molecular formula is C29H35N5O2S. The van der Waals surface area contributed by atoms with Crippen LogP contribution in [0.4, 0.5) is 5.69 Å². The molecule has 1 N–H and O–H groups in total. The summed E-state index contributed by atoms with van der Waals surface area (Å²) in [4.78, 5) is 22.7. The fraction of sp³-hybridized carbons (Fsp3) is 0.345. The molecule has 2 aromatic carbocycles. The highest BCUT2D eigenvalue weighted by atomic mass is 32.2. The van der Waals surface area contributed by atoms with Crippen molar-refractivity contribution in [2.24, 2.45) is 9.98 Å². The Balaban J connectivity index is 1.73. The van der Waals surface area contributed by atoms with Gasteiger partial charge in [-0.1, -0.05) is 41.8 Å². The van der Waals surface area contributed by atoms with Crippen LogP contribution in [0.5, 0.6) is 0 Å². The molecule has 4 rings (SSSR count). The molecule has 0 bridgehead atoms. The van der Waals surface area contributed by atoms with Crippen molar-refractivity contribution in [3.05, 3.63) is 64.7 Å². The van der Waals surface area contributed by atoms with Crippen LogP contribution in [0.2, 0.25) is 0 Å². The zero-order chi connectivity index (χ0) is 26.4. The average Bonchev–Trinajstić information content (AvgIpc) is 3.22. The van der Waals surface area contributed by atoms with Crippen LogP contribution in [-0.4, -0.2) is 56.4 Å². The molecular weight excluding hydrogens is 482 g/mol. The Morgan fingerprint density at radius 1 is 1.22 bits per heavy atom. The first-order valence-electron chi connectivity index (χ1n) is 12.5. The van der Waals surface area contributed by atoms with Gasteiger partial charge in [-0.3, -0.25) is 14.7 Å². The fourth-order valence-electron chi connectivity index (χ4n) is 5.07. The molecule has 0 aliphatic carbocycles. The standard InChI is InChI=1S/C29H35N5O2S/c1-20-6-8-23(9-7-20)27-25(10-14-35)22(3)28-29-26(27)16-21(2)34(29)13-12-33(28)19-31-18-24(17-30-4)36-15-11-32-37-5/h6-9,14,16-18,32H,4,10-13,15,19H2,1-3,5H3/b24-17+,31-18-. The number of benzene rings is 2. The Morgan fingerprint density at radius 3 is 2.70 bits per heavy atom. The van der Waals surface area contributed by atoms with E-state index in [1.165, 1.54) is 22.2 Å². The molecule has 0 saturated heterocycles. The van der Waals surface area contributed by atoms with Crippen molar-refractivity contribution < 1.29 is 9.53 Å². The number of aliphatic imine (C=N–C) groups is 2. The number of rotatable bonds is 12. The smallest absolute Gasteiger partial charge is 0.155 e. The molecule has 0 unspecified atom stereocenters. The minimum absolute atomic E-state index is 0.370. The summed E-state index contributed by atoms with van der Waals surface area (Å²) < 4.78 is 11.3. The maximum atomic E-state index is 11.8. The molecule has 37 heavy (non-hydrogen) atoms. The maximum Gasteiger partial charge on any atom is 0.155 e. The fourth-order valence-corrected chi connectivity index (χ4v) is 5.36. The second-order valence-electron chi connectivity index (χ2n) is 9.14. The van der Waals surface area contributed by atoms with Crippen LogP contribution in [0.25, 0.3) is 22.0 Å². The van der Waals surface area contributed by atoms with Gasteiger partial charge in [0, 0.05) is 37.1 Å². The van der Waals surface area contributed by atoms with E-state index < -0.39 is 0 Å². The molecule has 0 saturated carbocycles. The summed E-state index contributed by atoms with van der Waals surface area (Å²) in [7, 11) is 0. The van der Waals surface area contributed by atoms with Gasteiger partial charge in [0.05, 0.1) is 23.6 Å². The zero-order valence-corrected chi connectivity index (χ0v) is 22.9. The van der Waals surface area contributed by atoms with Crippen LogP contribution in [0, 0.1) is 20.8 Å². The molecule has 1 aliphatic heterocycles. The molecule has 7 nitrogen and oxygen atoms in total. The van der Waals surface area contributed by atoms with Gasteiger partial charge < -0.3 is 19.0 Å². The van der Waals surface area contributed by atoms with Gasteiger partial charge in [-0.2, -0.15) is 0 Å². The van der Waals surface area contributed by atoms with E-state index in [9.17, 15) is 4.79 Å². The van der Waals surface area contributed by atoms with E-state index in [-0.39, 0.29) is 0 Å². The molecule has 0 fully saturated rings. The van der Waals surface area contributed by atoms with Gasteiger partial charge in [0.1, 0.15) is 19.6 Å². The number of anilines is 1. The van der Waals surface area contributed by atoms with Gasteiger partial charge in [0.15, 0.2) is 5.76 Å². The van der Waals surface area contributed by atoms with Crippen molar-refractivity contribution >= 4 is 47.8 Å². The monoisotopic (exact) mass is 517 g/mol. The third kappa shape index (κ3) is 5.65. The number of carbonyl (C=O) groups is 1. The molecule has 8 heteroatoms. The molecule has 0 atom stereocenters. The quantitative estimate of drug-likeness (QED) is 0.117. The summed E-state index contributed by atoms with van der Waals surface area (Å²) in [5.74, 6) is 0.576. The summed E-state index contributed by atoms with van der Waals surface area (Å²) in [5.41, 5.74) is 9.32. The van der Waals surface area contributed by atoms with E-state index in [0.717, 1.165) is 53.9 Å². The Morgan fingerprint density at radius 2 is 2.00 bits per heavy atom. The Labute approximate surface area is 223 Å². The molecule has 1 aliphatic rings. The SMILES string of the molecule is C=N/C=C(\C=N/CN1CCn2c(C)cc3c(-c4ccc(C)cc4)c(CC=O)c(C)c1c32)OCCNSC. The second kappa shape index (κ2) is 12.3. The second-order valence-corrected chi connectivity index (χ2v) is 9.84. The number of aromatic nitrogens is 1. The van der Waals surface area contributed by atoms with Gasteiger partial charge in [-0.25, -0.2) is 0 Å². The first kappa shape index (κ1) is 26.7. The Kier molecular flexibility index (Phi) is 8.84. The van der Waals surface area contributed by atoms with E-state index in [2.05, 4.69) is 77.0 Å². The third-order valence-corrected chi connectivity index (χ3v) is 7.24. The van der Waals surface area contributed by atoms with Gasteiger partial charge >= 0.3 is 0 Å². The Bertz CT molecular complexity index is 1340. The van der Waals surface area contributed by atoms with Gasteiger partial charge in [-0.15, -0.1) is 0 Å². The first-order chi connectivity index (χ1) is 18.0. The minimum Gasteiger partial charge on any atom is -0.489 e. The van der Waals surface area contributed by atoms with Crippen LogP contribution in [0.3, 0.4) is 0 Å². The van der Waals surface area contributed by atoms with E-state index in [1.54, 1.807) is 24.4 Å². The van der Waals surface area contributed by atoms with Crippen molar-refractivity contribution in [3.63, 3.8) is 0 Å². The van der Waals surface area contributed by atoms with E-state index in [1.807, 2.05) is 6.26 Å². The number of allylic oxidation sites excluding steroid dienone is 1. The largest absolute Gasteiger partial charge is 0.489 e. The summed E-state index contributed by atoms with van der Waals surface area (Å²) in [6.45, 7) is 13.4. The number of aldehydes is 1. The highest BCUT2D eigenvalue weighted by Crippen LogP contribution is 2.44. The lowest BCUT2D eigenvalue weighted by atomic mass is 9.88. The first-order valence-corrected chi connectivity index (χ1v) is 13.7. The molecule has 1 aromatic heterocycles. The third-order valence-electron chi connectivity index (χ3n) is 6.75. The normalized spacial score (nSPS) is 13.5. The lowest BCUT2D eigenvalue weighted by molar-refractivity contribution is -0.107. The lowest BCUT2D eigenvalue weighted by Crippen LogP contribution is -2.33. The number of aryl methyl sites for hydroxylation is 2. The lowest BCUT2D eigenvalue weighted by Gasteiger charge is -2.33. The van der Waals surface area contributed by atoms with Gasteiger partial charge in [-0.05, 0) is 62.1 Å². The molecule has 0 spiro atoms. The van der Waals surface area contributed by atoms with Crippen LogP contribution in [0.1, 0.15) is 22.4 Å². The maximum absolute atomic E-state index is 11.8.